The van der Waals surface area contributed by atoms with Gasteiger partial charge in [-0.2, -0.15) is 13.2 Å². The molecule has 0 aromatic heterocycles. The summed E-state index contributed by atoms with van der Waals surface area (Å²) in [5.41, 5.74) is -1.27. The molecule has 0 saturated heterocycles. The average Bonchev–Trinajstić information content (AvgIpc) is 2.04. The highest BCUT2D eigenvalue weighted by atomic mass is 19.4. The average molecular weight is 210 g/mol. The highest BCUT2D eigenvalue weighted by Gasteiger charge is 2.34. The Hall–Kier alpha value is -1.06. The fourth-order valence-electron chi connectivity index (χ4n) is 0.439. The van der Waals surface area contributed by atoms with Gasteiger partial charge in [0.25, 0.3) is 0 Å². The highest BCUT2D eigenvalue weighted by molar-refractivity contribution is 5.31. The molecule has 0 aromatic rings. The molecule has 0 amide bonds. The predicted octanol–water partition coefficient (Wildman–Crippen LogP) is 4.56. The zero-order chi connectivity index (χ0) is 11.9. The summed E-state index contributed by atoms with van der Waals surface area (Å²) < 4.78 is 47.7. The Bertz CT molecular complexity index is 233. The zero-order valence-corrected chi connectivity index (χ0v) is 8.50. The number of allylic oxidation sites excluding steroid dienone is 4. The number of hydrogen-bond donors (Lipinski definition) is 0. The van der Waals surface area contributed by atoms with Crippen molar-refractivity contribution in [1.82, 2.24) is 0 Å². The van der Waals surface area contributed by atoms with Crippen LogP contribution in [0.15, 0.2) is 36.2 Å². The Balaban J connectivity index is 0. The van der Waals surface area contributed by atoms with Crippen molar-refractivity contribution in [1.29, 1.82) is 0 Å². The van der Waals surface area contributed by atoms with Crippen LogP contribution in [0.25, 0.3) is 0 Å². The van der Waals surface area contributed by atoms with Crippen LogP contribution in [0.3, 0.4) is 0 Å². The molecule has 0 aliphatic rings. The maximum Gasteiger partial charge on any atom is 0.418 e. The fourth-order valence-corrected chi connectivity index (χ4v) is 0.439. The Kier molecular flexibility index (Phi) is 7.05. The monoisotopic (exact) mass is 210 g/mol. The van der Waals surface area contributed by atoms with E-state index in [0.29, 0.717) is 6.08 Å². The van der Waals surface area contributed by atoms with Gasteiger partial charge in [-0.1, -0.05) is 32.6 Å². The lowest BCUT2D eigenvalue weighted by atomic mass is 10.2. The molecule has 0 bridgehead atoms. The van der Waals surface area contributed by atoms with E-state index in [0.717, 1.165) is 0 Å². The quantitative estimate of drug-likeness (QED) is 0.463. The van der Waals surface area contributed by atoms with E-state index in [-0.39, 0.29) is 5.57 Å². The van der Waals surface area contributed by atoms with E-state index < -0.39 is 17.6 Å². The molecule has 0 fully saturated rings. The van der Waals surface area contributed by atoms with E-state index in [1.54, 1.807) is 0 Å². The van der Waals surface area contributed by atoms with Crippen molar-refractivity contribution in [3.8, 4) is 0 Å². The summed E-state index contributed by atoms with van der Waals surface area (Å²) in [6.45, 7) is 11.2. The van der Waals surface area contributed by atoms with E-state index in [1.807, 2.05) is 13.8 Å². The van der Waals surface area contributed by atoms with Gasteiger partial charge < -0.3 is 0 Å². The van der Waals surface area contributed by atoms with Crippen LogP contribution in [0.4, 0.5) is 17.6 Å². The summed E-state index contributed by atoms with van der Waals surface area (Å²) in [6.07, 6.45) is -4.02. The van der Waals surface area contributed by atoms with E-state index in [4.69, 9.17) is 0 Å². The molecular formula is C10H14F4. The molecule has 0 saturated carbocycles. The van der Waals surface area contributed by atoms with Gasteiger partial charge in [-0.05, 0) is 13.0 Å². The minimum Gasteiger partial charge on any atom is -0.206 e. The van der Waals surface area contributed by atoms with Gasteiger partial charge in [0, 0.05) is 0 Å². The molecule has 0 nitrogen and oxygen atoms in total. The van der Waals surface area contributed by atoms with Crippen LogP contribution in [0, 0.1) is 0 Å². The lowest BCUT2D eigenvalue weighted by Crippen LogP contribution is -2.11. The van der Waals surface area contributed by atoms with Crippen molar-refractivity contribution in [2.45, 2.75) is 26.9 Å². The second-order valence-electron chi connectivity index (χ2n) is 2.31. The molecule has 0 unspecified atom stereocenters. The minimum atomic E-state index is -4.71. The maximum absolute atomic E-state index is 12.5. The first-order valence-corrected chi connectivity index (χ1v) is 4.04. The molecule has 0 radical (unpaired) electrons. The number of hydrogen-bond acceptors (Lipinski definition) is 0. The SMILES string of the molecule is C=C(C)/C=C(/F)C(=C)C(F)(F)F.CC. The summed E-state index contributed by atoms with van der Waals surface area (Å²) in [6, 6.07) is 0. The molecule has 4 heteroatoms. The summed E-state index contributed by atoms with van der Waals surface area (Å²) in [7, 11) is 0. The first-order valence-electron chi connectivity index (χ1n) is 4.04. The smallest absolute Gasteiger partial charge is 0.206 e. The number of rotatable bonds is 2. The molecule has 0 aromatic carbocycles. The van der Waals surface area contributed by atoms with Crippen LogP contribution in [-0.2, 0) is 0 Å². The fraction of sp³-hybridized carbons (Fsp3) is 0.400. The Morgan fingerprint density at radius 2 is 1.50 bits per heavy atom. The van der Waals surface area contributed by atoms with Gasteiger partial charge in [-0.25, -0.2) is 4.39 Å². The second kappa shape index (κ2) is 6.40. The van der Waals surface area contributed by atoms with Gasteiger partial charge in [-0.3, -0.25) is 0 Å². The van der Waals surface area contributed by atoms with Gasteiger partial charge in [-0.15, -0.1) is 0 Å². The standard InChI is InChI=1S/C8H8F4.C2H6/c1-5(2)4-7(9)6(3)8(10,11)12;1-2/h4H,1,3H2,2H3;1-2H3/b7-4+;. The van der Waals surface area contributed by atoms with Gasteiger partial charge in [0.15, 0.2) is 0 Å². The molecule has 0 aliphatic carbocycles. The van der Waals surface area contributed by atoms with Crippen molar-refractivity contribution in [3.05, 3.63) is 36.2 Å². The first kappa shape index (κ1) is 15.4. The molecule has 82 valence electrons. The third-order valence-electron chi connectivity index (χ3n) is 1.00. The molecule has 0 atom stereocenters. The first-order chi connectivity index (χ1) is 6.25. The maximum atomic E-state index is 12.5. The third kappa shape index (κ3) is 6.46. The predicted molar refractivity (Wildman–Crippen MR) is 50.5 cm³/mol. The second-order valence-corrected chi connectivity index (χ2v) is 2.31. The molecule has 14 heavy (non-hydrogen) atoms. The summed E-state index contributed by atoms with van der Waals surface area (Å²) >= 11 is 0. The Morgan fingerprint density at radius 1 is 1.14 bits per heavy atom. The molecule has 0 N–H and O–H groups in total. The number of alkyl halides is 3. The van der Waals surface area contributed by atoms with Crippen LogP contribution in [0.2, 0.25) is 0 Å². The molecule has 0 heterocycles. The minimum absolute atomic E-state index is 0.206. The summed E-state index contributed by atoms with van der Waals surface area (Å²) in [5.74, 6) is -1.39. The van der Waals surface area contributed by atoms with Crippen molar-refractivity contribution in [3.63, 3.8) is 0 Å². The third-order valence-corrected chi connectivity index (χ3v) is 1.00. The molecule has 0 rings (SSSR count). The van der Waals surface area contributed by atoms with E-state index >= 15 is 0 Å². The largest absolute Gasteiger partial charge is 0.418 e. The van der Waals surface area contributed by atoms with Gasteiger partial charge in [0.1, 0.15) is 5.83 Å². The van der Waals surface area contributed by atoms with Crippen LogP contribution in [-0.4, -0.2) is 6.18 Å². The molecule has 0 aliphatic heterocycles. The van der Waals surface area contributed by atoms with Gasteiger partial charge in [0.05, 0.1) is 5.57 Å². The lowest BCUT2D eigenvalue weighted by Gasteiger charge is -2.06. The molecule has 0 spiro atoms. The van der Waals surface area contributed by atoms with E-state index in [2.05, 4.69) is 13.2 Å². The van der Waals surface area contributed by atoms with Crippen molar-refractivity contribution in [2.75, 3.05) is 0 Å². The highest BCUT2D eigenvalue weighted by Crippen LogP contribution is 2.30. The van der Waals surface area contributed by atoms with Gasteiger partial charge in [0.2, 0.25) is 0 Å². The van der Waals surface area contributed by atoms with Crippen molar-refractivity contribution < 1.29 is 17.6 Å². The van der Waals surface area contributed by atoms with Crippen LogP contribution >= 0.6 is 0 Å². The lowest BCUT2D eigenvalue weighted by molar-refractivity contribution is -0.0906. The van der Waals surface area contributed by atoms with Gasteiger partial charge >= 0.3 is 6.18 Å². The van der Waals surface area contributed by atoms with Crippen molar-refractivity contribution >= 4 is 0 Å². The summed E-state index contributed by atoms with van der Waals surface area (Å²) in [4.78, 5) is 0. The van der Waals surface area contributed by atoms with Crippen LogP contribution in [0.5, 0.6) is 0 Å². The normalized spacial score (nSPS) is 11.5. The zero-order valence-electron chi connectivity index (χ0n) is 8.50. The number of halogens is 4. The Labute approximate surface area is 81.6 Å². The van der Waals surface area contributed by atoms with E-state index in [9.17, 15) is 17.6 Å². The van der Waals surface area contributed by atoms with Crippen LogP contribution < -0.4 is 0 Å². The Morgan fingerprint density at radius 3 is 1.71 bits per heavy atom. The molecular weight excluding hydrogens is 196 g/mol. The topological polar surface area (TPSA) is 0 Å². The van der Waals surface area contributed by atoms with E-state index in [1.165, 1.54) is 6.92 Å². The van der Waals surface area contributed by atoms with Crippen molar-refractivity contribution in [2.24, 2.45) is 0 Å². The van der Waals surface area contributed by atoms with Crippen LogP contribution in [0.1, 0.15) is 20.8 Å². The summed E-state index contributed by atoms with van der Waals surface area (Å²) in [5, 5.41) is 0.